The van der Waals surface area contributed by atoms with Gasteiger partial charge in [-0.05, 0) is 12.1 Å². The normalized spacial score (nSPS) is 15.1. The number of imide groups is 1. The summed E-state index contributed by atoms with van der Waals surface area (Å²) >= 11 is 0. The third-order valence-corrected chi connectivity index (χ3v) is 1.83. The number of hydrogen-bond acceptors (Lipinski definition) is 2. The van der Waals surface area contributed by atoms with Crippen molar-refractivity contribution in [1.82, 2.24) is 5.06 Å². The highest BCUT2D eigenvalue weighted by Crippen LogP contribution is 2.23. The fraction of sp³-hybridized carbons (Fsp3) is 0. The van der Waals surface area contributed by atoms with Crippen molar-refractivity contribution < 1.29 is 19.2 Å². The minimum Gasteiger partial charge on any atom is -0.266 e. The van der Waals surface area contributed by atoms with Crippen LogP contribution in [0.5, 0.6) is 0 Å². The van der Waals surface area contributed by atoms with Gasteiger partial charge in [0.05, 0.1) is 11.1 Å². The molecule has 0 saturated carbocycles. The number of fused-ring (bicyclic) bond motifs is 1. The van der Waals surface area contributed by atoms with Crippen LogP contribution in [0.2, 0.25) is 0 Å². The Labute approximate surface area is 72.2 Å². The molecule has 4 nitrogen and oxygen atoms in total. The van der Waals surface area contributed by atoms with Crippen molar-refractivity contribution in [3.8, 4) is 0 Å². The minimum atomic E-state index is -1.13. The molecule has 5 heteroatoms. The van der Waals surface area contributed by atoms with Crippen LogP contribution in [-0.2, 0) is 5.21 Å². The van der Waals surface area contributed by atoms with Crippen LogP contribution in [0.3, 0.4) is 0 Å². The maximum atomic E-state index is 12.9. The second-order valence-corrected chi connectivity index (χ2v) is 2.57. The molecular weight excluding hydrogens is 177 g/mol. The Morgan fingerprint density at radius 1 is 1.15 bits per heavy atom. The van der Waals surface area contributed by atoms with E-state index in [1.54, 1.807) is 0 Å². The molecular formula is C8H3FNO3. The van der Waals surface area contributed by atoms with E-state index in [1.807, 2.05) is 0 Å². The Morgan fingerprint density at radius 3 is 2.46 bits per heavy atom. The maximum Gasteiger partial charge on any atom is 0.291 e. The Balaban J connectivity index is 2.74. The number of carbonyl (C=O) groups is 2. The zero-order chi connectivity index (χ0) is 9.59. The van der Waals surface area contributed by atoms with Crippen molar-refractivity contribution >= 4 is 11.8 Å². The molecule has 0 atom stereocenters. The molecule has 1 aromatic rings. The van der Waals surface area contributed by atoms with Crippen molar-refractivity contribution in [1.29, 1.82) is 0 Å². The van der Waals surface area contributed by atoms with Gasteiger partial charge in [0.1, 0.15) is 5.82 Å². The molecule has 1 aromatic carbocycles. The summed E-state index contributed by atoms with van der Waals surface area (Å²) in [6.07, 6.45) is 0. The average Bonchev–Trinajstić information content (AvgIpc) is 2.33. The first-order valence-electron chi connectivity index (χ1n) is 3.47. The molecule has 2 amide bonds. The fourth-order valence-electron chi connectivity index (χ4n) is 1.22. The van der Waals surface area contributed by atoms with E-state index in [2.05, 4.69) is 0 Å². The SMILES string of the molecule is [O]N1C(=O)c2cccc(F)c2C1=O. The van der Waals surface area contributed by atoms with Gasteiger partial charge in [-0.1, -0.05) is 11.3 Å². The van der Waals surface area contributed by atoms with E-state index in [0.717, 1.165) is 6.07 Å². The number of hydroxylamine groups is 2. The highest BCUT2D eigenvalue weighted by atomic mass is 19.1. The lowest BCUT2D eigenvalue weighted by Crippen LogP contribution is -2.23. The largest absolute Gasteiger partial charge is 0.291 e. The molecule has 0 fully saturated rings. The molecule has 1 radical (unpaired) electrons. The van der Waals surface area contributed by atoms with Gasteiger partial charge in [-0.25, -0.2) is 4.39 Å². The molecule has 2 rings (SSSR count). The van der Waals surface area contributed by atoms with Crippen LogP contribution in [0.4, 0.5) is 4.39 Å². The van der Waals surface area contributed by atoms with E-state index < -0.39 is 23.2 Å². The van der Waals surface area contributed by atoms with Gasteiger partial charge in [0.15, 0.2) is 0 Å². The number of benzene rings is 1. The van der Waals surface area contributed by atoms with E-state index in [4.69, 9.17) is 0 Å². The zero-order valence-corrected chi connectivity index (χ0v) is 6.28. The van der Waals surface area contributed by atoms with E-state index in [1.165, 1.54) is 12.1 Å². The molecule has 1 heterocycles. The summed E-state index contributed by atoms with van der Waals surface area (Å²) in [5.74, 6) is -2.97. The molecule has 13 heavy (non-hydrogen) atoms. The van der Waals surface area contributed by atoms with Gasteiger partial charge in [-0.15, -0.1) is 5.06 Å². The quantitative estimate of drug-likeness (QED) is 0.553. The third kappa shape index (κ3) is 0.874. The summed E-state index contributed by atoms with van der Waals surface area (Å²) in [4.78, 5) is 22.0. The van der Waals surface area contributed by atoms with Gasteiger partial charge in [0.2, 0.25) is 0 Å². The predicted molar refractivity (Wildman–Crippen MR) is 37.6 cm³/mol. The van der Waals surface area contributed by atoms with Crippen molar-refractivity contribution in [2.24, 2.45) is 0 Å². The lowest BCUT2D eigenvalue weighted by molar-refractivity contribution is -0.0829. The van der Waals surface area contributed by atoms with E-state index >= 15 is 0 Å². The minimum absolute atomic E-state index is 0.167. The van der Waals surface area contributed by atoms with Crippen molar-refractivity contribution in [3.63, 3.8) is 0 Å². The smallest absolute Gasteiger partial charge is 0.266 e. The van der Waals surface area contributed by atoms with E-state index in [-0.39, 0.29) is 10.6 Å². The van der Waals surface area contributed by atoms with E-state index in [0.29, 0.717) is 0 Å². The first kappa shape index (κ1) is 7.88. The zero-order valence-electron chi connectivity index (χ0n) is 6.28. The van der Waals surface area contributed by atoms with Crippen LogP contribution in [0.1, 0.15) is 20.7 Å². The van der Waals surface area contributed by atoms with Crippen LogP contribution < -0.4 is 0 Å². The van der Waals surface area contributed by atoms with Crippen LogP contribution in [0.15, 0.2) is 18.2 Å². The molecule has 0 spiro atoms. The number of hydrogen-bond donors (Lipinski definition) is 0. The summed E-state index contributed by atoms with van der Waals surface area (Å²) in [5, 5.41) is 10.4. The summed E-state index contributed by atoms with van der Waals surface area (Å²) < 4.78 is 12.9. The van der Waals surface area contributed by atoms with Crippen molar-refractivity contribution in [2.45, 2.75) is 0 Å². The summed E-state index contributed by atoms with van der Waals surface area (Å²) in [6.45, 7) is 0. The Morgan fingerprint density at radius 2 is 1.85 bits per heavy atom. The molecule has 0 saturated heterocycles. The van der Waals surface area contributed by atoms with E-state index in [9.17, 15) is 19.2 Å². The second-order valence-electron chi connectivity index (χ2n) is 2.57. The van der Waals surface area contributed by atoms with Gasteiger partial charge in [-0.3, -0.25) is 9.59 Å². The summed E-state index contributed by atoms with van der Waals surface area (Å²) in [6, 6.07) is 3.55. The second kappa shape index (κ2) is 2.37. The van der Waals surface area contributed by atoms with Crippen molar-refractivity contribution in [2.75, 3.05) is 0 Å². The molecule has 0 N–H and O–H groups in total. The molecule has 1 aliphatic heterocycles. The number of carbonyl (C=O) groups excluding carboxylic acids is 2. The lowest BCUT2D eigenvalue weighted by atomic mass is 10.1. The summed E-state index contributed by atoms with van der Waals surface area (Å²) in [5.41, 5.74) is -0.595. The molecule has 0 aliphatic carbocycles. The monoisotopic (exact) mass is 180 g/mol. The maximum absolute atomic E-state index is 12.9. The molecule has 0 aromatic heterocycles. The third-order valence-electron chi connectivity index (χ3n) is 1.83. The highest BCUT2D eigenvalue weighted by Gasteiger charge is 2.38. The number of rotatable bonds is 0. The average molecular weight is 180 g/mol. The summed E-state index contributed by atoms with van der Waals surface area (Å²) in [7, 11) is 0. The first-order chi connectivity index (χ1) is 6.13. The Bertz CT molecular complexity index is 416. The first-order valence-corrected chi connectivity index (χ1v) is 3.47. The van der Waals surface area contributed by atoms with Gasteiger partial charge < -0.3 is 0 Å². The molecule has 1 aliphatic rings. The van der Waals surface area contributed by atoms with Gasteiger partial charge in [0, 0.05) is 0 Å². The number of amides is 2. The van der Waals surface area contributed by atoms with Gasteiger partial charge in [0.25, 0.3) is 11.8 Å². The van der Waals surface area contributed by atoms with Crippen molar-refractivity contribution in [3.05, 3.63) is 35.1 Å². The molecule has 0 bridgehead atoms. The standard InChI is InChI=1S/C8H3FNO3/c9-5-3-1-2-4-6(5)8(12)10(13)7(4)11/h1-3H. The lowest BCUT2D eigenvalue weighted by Gasteiger charge is -1.95. The molecule has 0 unspecified atom stereocenters. The van der Waals surface area contributed by atoms with Gasteiger partial charge >= 0.3 is 0 Å². The van der Waals surface area contributed by atoms with Crippen LogP contribution in [-0.4, -0.2) is 16.9 Å². The topological polar surface area (TPSA) is 57.3 Å². The van der Waals surface area contributed by atoms with Crippen LogP contribution in [0.25, 0.3) is 0 Å². The van der Waals surface area contributed by atoms with Crippen LogP contribution >= 0.6 is 0 Å². The number of nitrogens with zero attached hydrogens (tertiary/aromatic N) is 1. The number of halogens is 1. The highest BCUT2D eigenvalue weighted by molar-refractivity contribution is 6.20. The predicted octanol–water partition coefficient (Wildman–Crippen LogP) is 0.767. The Kier molecular flexibility index (Phi) is 1.43. The molecule has 65 valence electrons. The van der Waals surface area contributed by atoms with Crippen LogP contribution in [0, 0.1) is 5.82 Å². The fourth-order valence-corrected chi connectivity index (χ4v) is 1.22. The van der Waals surface area contributed by atoms with Gasteiger partial charge in [-0.2, -0.15) is 0 Å². The Hall–Kier alpha value is -1.75.